The first kappa shape index (κ1) is 20.5. The molecular weight excluding hydrogens is 420 g/mol. The number of methoxy groups -OCH3 is 1. The second kappa shape index (κ2) is 8.27. The van der Waals surface area contributed by atoms with Crippen LogP contribution in [0.3, 0.4) is 0 Å². The van der Waals surface area contributed by atoms with Gasteiger partial charge in [-0.25, -0.2) is 4.98 Å². The molecule has 164 valence electrons. The number of fused-ring (bicyclic) bond motifs is 2. The maximum atomic E-state index is 13.5. The number of rotatable bonds is 5. The van der Waals surface area contributed by atoms with Crippen LogP contribution in [-0.2, 0) is 0 Å². The summed E-state index contributed by atoms with van der Waals surface area (Å²) >= 11 is 0. The van der Waals surface area contributed by atoms with E-state index in [9.17, 15) is 9.59 Å². The number of nitrogens with zero attached hydrogens (tertiary/aromatic N) is 1. The molecule has 5 rings (SSSR count). The van der Waals surface area contributed by atoms with E-state index in [-0.39, 0.29) is 18.5 Å². The standard InChI is InChI=1S/C26H20N2O5/c1-15(29)18-12-24-25(33-14-32-24)13-23(18)28-26(30)20-11-22(16-6-4-3-5-7-16)27-21-9-8-17(31-2)10-19(20)21/h3-13H,14H2,1-2H3,(H,28,30). The molecule has 2 heterocycles. The Bertz CT molecular complexity index is 1400. The van der Waals surface area contributed by atoms with Gasteiger partial charge in [-0.15, -0.1) is 0 Å². The zero-order valence-electron chi connectivity index (χ0n) is 18.0. The highest BCUT2D eigenvalue weighted by Crippen LogP contribution is 2.38. The van der Waals surface area contributed by atoms with Gasteiger partial charge in [0.05, 0.1) is 29.6 Å². The molecule has 0 saturated heterocycles. The van der Waals surface area contributed by atoms with Crippen LogP contribution in [-0.4, -0.2) is 30.6 Å². The van der Waals surface area contributed by atoms with E-state index in [0.29, 0.717) is 50.7 Å². The number of ketones is 1. The number of benzene rings is 3. The molecule has 1 amide bonds. The van der Waals surface area contributed by atoms with Gasteiger partial charge >= 0.3 is 0 Å². The van der Waals surface area contributed by atoms with E-state index in [2.05, 4.69) is 5.32 Å². The summed E-state index contributed by atoms with van der Waals surface area (Å²) in [6.07, 6.45) is 0. The molecule has 1 aliphatic rings. The van der Waals surface area contributed by atoms with E-state index < -0.39 is 0 Å². The van der Waals surface area contributed by atoms with Crippen molar-refractivity contribution in [1.82, 2.24) is 4.98 Å². The number of ether oxygens (including phenoxy) is 3. The summed E-state index contributed by atoms with van der Waals surface area (Å²) in [6.45, 7) is 1.51. The fourth-order valence-corrected chi connectivity index (χ4v) is 3.80. The number of nitrogens with one attached hydrogen (secondary N) is 1. The average Bonchev–Trinajstić information content (AvgIpc) is 3.30. The summed E-state index contributed by atoms with van der Waals surface area (Å²) in [5.74, 6) is 0.979. The van der Waals surface area contributed by atoms with Crippen molar-refractivity contribution in [2.45, 2.75) is 6.92 Å². The van der Waals surface area contributed by atoms with Crippen molar-refractivity contribution in [2.75, 3.05) is 19.2 Å². The summed E-state index contributed by atoms with van der Waals surface area (Å²) in [7, 11) is 1.57. The summed E-state index contributed by atoms with van der Waals surface area (Å²) in [4.78, 5) is 30.5. The fourth-order valence-electron chi connectivity index (χ4n) is 3.80. The molecule has 0 unspecified atom stereocenters. The van der Waals surface area contributed by atoms with Gasteiger partial charge in [-0.05, 0) is 37.3 Å². The number of hydrogen-bond acceptors (Lipinski definition) is 6. The van der Waals surface area contributed by atoms with Crippen LogP contribution in [0.2, 0.25) is 0 Å². The predicted molar refractivity (Wildman–Crippen MR) is 124 cm³/mol. The van der Waals surface area contributed by atoms with Gasteiger partial charge in [-0.3, -0.25) is 9.59 Å². The van der Waals surface area contributed by atoms with Crippen LogP contribution >= 0.6 is 0 Å². The predicted octanol–water partition coefficient (Wildman–Crippen LogP) is 5.09. The van der Waals surface area contributed by atoms with E-state index in [1.54, 1.807) is 37.4 Å². The summed E-state index contributed by atoms with van der Waals surface area (Å²) < 4.78 is 16.2. The van der Waals surface area contributed by atoms with Crippen LogP contribution in [0.15, 0.2) is 66.7 Å². The topological polar surface area (TPSA) is 86.8 Å². The monoisotopic (exact) mass is 440 g/mol. The van der Waals surface area contributed by atoms with Gasteiger partial charge in [0.2, 0.25) is 6.79 Å². The van der Waals surface area contributed by atoms with Crippen LogP contribution in [0.1, 0.15) is 27.6 Å². The molecule has 7 heteroatoms. The van der Waals surface area contributed by atoms with Crippen molar-refractivity contribution < 1.29 is 23.8 Å². The van der Waals surface area contributed by atoms with Crippen molar-refractivity contribution in [1.29, 1.82) is 0 Å². The lowest BCUT2D eigenvalue weighted by Crippen LogP contribution is -2.15. The van der Waals surface area contributed by atoms with Crippen LogP contribution in [0.5, 0.6) is 17.2 Å². The molecule has 0 fully saturated rings. The zero-order valence-corrected chi connectivity index (χ0v) is 18.0. The van der Waals surface area contributed by atoms with Gasteiger partial charge < -0.3 is 19.5 Å². The fraction of sp³-hybridized carbons (Fsp3) is 0.115. The largest absolute Gasteiger partial charge is 0.497 e. The quantitative estimate of drug-likeness (QED) is 0.435. The molecule has 0 spiro atoms. The van der Waals surface area contributed by atoms with Gasteiger partial charge in [-0.2, -0.15) is 0 Å². The van der Waals surface area contributed by atoms with Crippen molar-refractivity contribution in [3.63, 3.8) is 0 Å². The number of anilines is 1. The Labute approximate surface area is 189 Å². The molecule has 0 saturated carbocycles. The molecule has 0 radical (unpaired) electrons. The van der Waals surface area contributed by atoms with Gasteiger partial charge in [0.15, 0.2) is 17.3 Å². The normalized spacial score (nSPS) is 11.9. The van der Waals surface area contributed by atoms with Crippen molar-refractivity contribution in [3.05, 3.63) is 77.9 Å². The minimum absolute atomic E-state index is 0.0688. The minimum atomic E-state index is -0.380. The number of hydrogen-bond donors (Lipinski definition) is 1. The van der Waals surface area contributed by atoms with Gasteiger partial charge in [0.25, 0.3) is 5.91 Å². The highest BCUT2D eigenvalue weighted by Gasteiger charge is 2.22. The summed E-state index contributed by atoms with van der Waals surface area (Å²) in [6, 6.07) is 20.0. The van der Waals surface area contributed by atoms with Gasteiger partial charge in [-0.1, -0.05) is 30.3 Å². The van der Waals surface area contributed by atoms with Crippen LogP contribution in [0.4, 0.5) is 5.69 Å². The number of amides is 1. The van der Waals surface area contributed by atoms with Crippen LogP contribution in [0, 0.1) is 0 Å². The van der Waals surface area contributed by atoms with E-state index in [1.807, 2.05) is 36.4 Å². The van der Waals surface area contributed by atoms with Gasteiger partial charge in [0.1, 0.15) is 5.75 Å². The lowest BCUT2D eigenvalue weighted by Gasteiger charge is -2.14. The Morgan fingerprint density at radius 3 is 2.42 bits per heavy atom. The first-order valence-electron chi connectivity index (χ1n) is 10.3. The third kappa shape index (κ3) is 3.85. The van der Waals surface area contributed by atoms with Gasteiger partial charge in [0, 0.05) is 22.6 Å². The third-order valence-electron chi connectivity index (χ3n) is 5.47. The second-order valence-electron chi connectivity index (χ2n) is 7.57. The van der Waals surface area contributed by atoms with E-state index in [4.69, 9.17) is 19.2 Å². The third-order valence-corrected chi connectivity index (χ3v) is 5.47. The number of carbonyl (C=O) groups is 2. The lowest BCUT2D eigenvalue weighted by atomic mass is 10.0. The SMILES string of the molecule is COc1ccc2nc(-c3ccccc3)cc(C(=O)Nc3cc4c(cc3C(C)=O)OCO4)c2c1. The Balaban J connectivity index is 1.63. The van der Waals surface area contributed by atoms with E-state index in [1.165, 1.54) is 6.92 Å². The number of Topliss-reactive ketones (excluding diaryl/α,β-unsaturated/α-hetero) is 1. The van der Waals surface area contributed by atoms with Crippen molar-refractivity contribution in [2.24, 2.45) is 0 Å². The molecule has 0 bridgehead atoms. The smallest absolute Gasteiger partial charge is 0.256 e. The first-order chi connectivity index (χ1) is 16.0. The maximum Gasteiger partial charge on any atom is 0.256 e. The highest BCUT2D eigenvalue weighted by atomic mass is 16.7. The molecule has 1 aromatic heterocycles. The Kier molecular flexibility index (Phi) is 5.14. The minimum Gasteiger partial charge on any atom is -0.497 e. The molecule has 1 N–H and O–H groups in total. The Hall–Kier alpha value is -4.39. The Morgan fingerprint density at radius 2 is 1.70 bits per heavy atom. The van der Waals surface area contributed by atoms with Crippen LogP contribution < -0.4 is 19.5 Å². The molecule has 7 nitrogen and oxygen atoms in total. The second-order valence-corrected chi connectivity index (χ2v) is 7.57. The lowest BCUT2D eigenvalue weighted by molar-refractivity contribution is 0.101. The average molecular weight is 440 g/mol. The highest BCUT2D eigenvalue weighted by molar-refractivity contribution is 6.15. The van der Waals surface area contributed by atoms with Crippen LogP contribution in [0.25, 0.3) is 22.2 Å². The summed E-state index contributed by atoms with van der Waals surface area (Å²) in [5, 5.41) is 3.52. The molecule has 33 heavy (non-hydrogen) atoms. The number of pyridine rings is 1. The molecule has 1 aliphatic heterocycles. The zero-order chi connectivity index (χ0) is 22.9. The number of aromatic nitrogens is 1. The maximum absolute atomic E-state index is 13.5. The molecule has 3 aromatic carbocycles. The molecular formula is C26H20N2O5. The van der Waals surface area contributed by atoms with Crippen molar-refractivity contribution >= 4 is 28.3 Å². The molecule has 0 atom stereocenters. The molecule has 4 aromatic rings. The number of carbonyl (C=O) groups excluding carboxylic acids is 2. The van der Waals surface area contributed by atoms with E-state index >= 15 is 0 Å². The summed E-state index contributed by atoms with van der Waals surface area (Å²) in [5.41, 5.74) is 3.30. The van der Waals surface area contributed by atoms with Crippen molar-refractivity contribution in [3.8, 4) is 28.5 Å². The first-order valence-corrected chi connectivity index (χ1v) is 10.3. The van der Waals surface area contributed by atoms with E-state index in [0.717, 1.165) is 5.56 Å². The Morgan fingerprint density at radius 1 is 0.939 bits per heavy atom. The molecule has 0 aliphatic carbocycles.